The number of nitrogens with zero attached hydrogens (tertiary/aromatic N) is 1. The number of amides is 1. The second-order valence-electron chi connectivity index (χ2n) is 5.15. The molecule has 0 spiro atoms. The molecule has 1 amide bonds. The standard InChI is InChI=1S/C14H20N2O2/c1-9-5-10(2)12-7-14(15,8-18-4)16(11(3)17)13(12)6-9/h5-6H,7-8,15H2,1-4H3. The van der Waals surface area contributed by atoms with E-state index in [4.69, 9.17) is 10.5 Å². The van der Waals surface area contributed by atoms with Gasteiger partial charge < -0.3 is 10.5 Å². The van der Waals surface area contributed by atoms with Crippen molar-refractivity contribution in [2.24, 2.45) is 5.73 Å². The van der Waals surface area contributed by atoms with Gasteiger partial charge in [0.15, 0.2) is 0 Å². The number of rotatable bonds is 2. The molecule has 0 fully saturated rings. The Morgan fingerprint density at radius 3 is 2.72 bits per heavy atom. The second-order valence-corrected chi connectivity index (χ2v) is 5.15. The Kier molecular flexibility index (Phi) is 3.17. The number of hydrogen-bond acceptors (Lipinski definition) is 3. The number of anilines is 1. The molecule has 1 heterocycles. The summed E-state index contributed by atoms with van der Waals surface area (Å²) in [5.41, 5.74) is 10.00. The van der Waals surface area contributed by atoms with Crippen LogP contribution in [0.25, 0.3) is 0 Å². The van der Waals surface area contributed by atoms with Crippen molar-refractivity contribution < 1.29 is 9.53 Å². The number of methoxy groups -OCH3 is 1. The van der Waals surface area contributed by atoms with E-state index in [9.17, 15) is 4.79 Å². The van der Waals surface area contributed by atoms with Crippen molar-refractivity contribution in [3.63, 3.8) is 0 Å². The summed E-state index contributed by atoms with van der Waals surface area (Å²) >= 11 is 0. The van der Waals surface area contributed by atoms with Crippen molar-refractivity contribution in [3.8, 4) is 0 Å². The highest BCUT2D eigenvalue weighted by Gasteiger charge is 2.43. The Hall–Kier alpha value is -1.39. The molecule has 18 heavy (non-hydrogen) atoms. The van der Waals surface area contributed by atoms with Crippen LogP contribution in [0.1, 0.15) is 23.6 Å². The zero-order valence-corrected chi connectivity index (χ0v) is 11.4. The van der Waals surface area contributed by atoms with Gasteiger partial charge in [-0.15, -0.1) is 0 Å². The smallest absolute Gasteiger partial charge is 0.225 e. The molecule has 0 bridgehead atoms. The SMILES string of the molecule is COCC1(N)Cc2c(C)cc(C)cc2N1C(C)=O. The Morgan fingerprint density at radius 2 is 2.17 bits per heavy atom. The van der Waals surface area contributed by atoms with Crippen LogP contribution in [-0.2, 0) is 16.0 Å². The lowest BCUT2D eigenvalue weighted by Crippen LogP contribution is -2.59. The highest BCUT2D eigenvalue weighted by molar-refractivity contribution is 5.96. The molecule has 2 rings (SSSR count). The number of fused-ring (bicyclic) bond motifs is 1. The van der Waals surface area contributed by atoms with Crippen LogP contribution in [0, 0.1) is 13.8 Å². The maximum absolute atomic E-state index is 11.9. The summed E-state index contributed by atoms with van der Waals surface area (Å²) < 4.78 is 5.19. The van der Waals surface area contributed by atoms with E-state index < -0.39 is 5.66 Å². The van der Waals surface area contributed by atoms with Gasteiger partial charge in [0.05, 0.1) is 6.61 Å². The molecule has 4 heteroatoms. The van der Waals surface area contributed by atoms with Gasteiger partial charge in [0.2, 0.25) is 5.91 Å². The summed E-state index contributed by atoms with van der Waals surface area (Å²) in [5, 5.41) is 0. The van der Waals surface area contributed by atoms with Crippen LogP contribution in [0.15, 0.2) is 12.1 Å². The molecule has 1 unspecified atom stereocenters. The summed E-state index contributed by atoms with van der Waals surface area (Å²) in [5.74, 6) is -0.0432. The van der Waals surface area contributed by atoms with Gasteiger partial charge in [-0.3, -0.25) is 9.69 Å². The van der Waals surface area contributed by atoms with Gasteiger partial charge in [0.1, 0.15) is 5.66 Å². The maximum atomic E-state index is 11.9. The second kappa shape index (κ2) is 4.37. The molecular weight excluding hydrogens is 228 g/mol. The van der Waals surface area contributed by atoms with Crippen LogP contribution in [-0.4, -0.2) is 25.3 Å². The van der Waals surface area contributed by atoms with Gasteiger partial charge in [-0.05, 0) is 36.6 Å². The average Bonchev–Trinajstić information content (AvgIpc) is 2.51. The molecule has 0 radical (unpaired) electrons. The van der Waals surface area contributed by atoms with E-state index in [0.717, 1.165) is 16.8 Å². The van der Waals surface area contributed by atoms with E-state index in [1.807, 2.05) is 13.0 Å². The molecule has 1 aliphatic heterocycles. The molecule has 0 aromatic heterocycles. The maximum Gasteiger partial charge on any atom is 0.225 e. The fraction of sp³-hybridized carbons (Fsp3) is 0.500. The summed E-state index contributed by atoms with van der Waals surface area (Å²) in [6, 6.07) is 4.14. The quantitative estimate of drug-likeness (QED) is 0.863. The third-order valence-electron chi connectivity index (χ3n) is 3.47. The van der Waals surface area contributed by atoms with Crippen LogP contribution < -0.4 is 10.6 Å². The van der Waals surface area contributed by atoms with Crippen LogP contribution in [0.4, 0.5) is 5.69 Å². The van der Waals surface area contributed by atoms with Gasteiger partial charge in [0, 0.05) is 26.1 Å². The van der Waals surface area contributed by atoms with Gasteiger partial charge in [-0.1, -0.05) is 6.07 Å². The molecule has 1 atom stereocenters. The first-order chi connectivity index (χ1) is 8.39. The number of benzene rings is 1. The minimum Gasteiger partial charge on any atom is -0.381 e. The minimum absolute atomic E-state index is 0.0432. The predicted octanol–water partition coefficient (Wildman–Crippen LogP) is 1.51. The summed E-state index contributed by atoms with van der Waals surface area (Å²) in [6.45, 7) is 5.96. The van der Waals surface area contributed by atoms with Crippen LogP contribution >= 0.6 is 0 Å². The van der Waals surface area contributed by atoms with Gasteiger partial charge in [0.25, 0.3) is 0 Å². The Labute approximate surface area is 108 Å². The number of nitrogens with two attached hydrogens (primary N) is 1. The van der Waals surface area contributed by atoms with Crippen molar-refractivity contribution >= 4 is 11.6 Å². The molecule has 4 nitrogen and oxygen atoms in total. The van der Waals surface area contributed by atoms with Gasteiger partial charge in [-0.2, -0.15) is 0 Å². The molecule has 2 N–H and O–H groups in total. The fourth-order valence-electron chi connectivity index (χ4n) is 2.88. The van der Waals surface area contributed by atoms with Crippen LogP contribution in [0.3, 0.4) is 0 Å². The first-order valence-electron chi connectivity index (χ1n) is 6.08. The van der Waals surface area contributed by atoms with Crippen molar-refractivity contribution in [3.05, 3.63) is 28.8 Å². The largest absolute Gasteiger partial charge is 0.381 e. The van der Waals surface area contributed by atoms with E-state index in [2.05, 4.69) is 13.0 Å². The van der Waals surface area contributed by atoms with Crippen molar-refractivity contribution in [1.29, 1.82) is 0 Å². The Bertz CT molecular complexity index is 499. The molecule has 1 aromatic carbocycles. The summed E-state index contributed by atoms with van der Waals surface area (Å²) in [6.07, 6.45) is 0.641. The number of aryl methyl sites for hydroxylation is 2. The zero-order chi connectivity index (χ0) is 13.5. The van der Waals surface area contributed by atoms with Crippen molar-refractivity contribution in [1.82, 2.24) is 0 Å². The topological polar surface area (TPSA) is 55.6 Å². The third kappa shape index (κ3) is 1.91. The lowest BCUT2D eigenvalue weighted by Gasteiger charge is -2.34. The molecule has 0 saturated heterocycles. The summed E-state index contributed by atoms with van der Waals surface area (Å²) in [4.78, 5) is 13.6. The van der Waals surface area contributed by atoms with Crippen molar-refractivity contribution in [2.75, 3.05) is 18.6 Å². The van der Waals surface area contributed by atoms with Gasteiger partial charge in [-0.25, -0.2) is 0 Å². The fourth-order valence-corrected chi connectivity index (χ4v) is 2.88. The lowest BCUT2D eigenvalue weighted by molar-refractivity contribution is -0.118. The summed E-state index contributed by atoms with van der Waals surface area (Å²) in [7, 11) is 1.61. The average molecular weight is 248 g/mol. The van der Waals surface area contributed by atoms with E-state index in [1.165, 1.54) is 5.56 Å². The molecule has 98 valence electrons. The van der Waals surface area contributed by atoms with E-state index >= 15 is 0 Å². The van der Waals surface area contributed by atoms with E-state index in [-0.39, 0.29) is 5.91 Å². The predicted molar refractivity (Wildman–Crippen MR) is 71.6 cm³/mol. The van der Waals surface area contributed by atoms with Crippen molar-refractivity contribution in [2.45, 2.75) is 32.9 Å². The number of hydrogen-bond donors (Lipinski definition) is 1. The monoisotopic (exact) mass is 248 g/mol. The minimum atomic E-state index is -0.762. The molecular formula is C14H20N2O2. The molecule has 0 saturated carbocycles. The number of carbonyl (C=O) groups excluding carboxylic acids is 1. The van der Waals surface area contributed by atoms with Crippen LogP contribution in [0.5, 0.6) is 0 Å². The molecule has 1 aliphatic rings. The zero-order valence-electron chi connectivity index (χ0n) is 11.4. The van der Waals surface area contributed by atoms with Gasteiger partial charge >= 0.3 is 0 Å². The van der Waals surface area contributed by atoms with E-state index in [0.29, 0.717) is 13.0 Å². The first-order valence-corrected chi connectivity index (χ1v) is 6.08. The highest BCUT2D eigenvalue weighted by atomic mass is 16.5. The number of carbonyl (C=O) groups is 1. The Morgan fingerprint density at radius 1 is 1.50 bits per heavy atom. The molecule has 0 aliphatic carbocycles. The highest BCUT2D eigenvalue weighted by Crippen LogP contribution is 2.39. The van der Waals surface area contributed by atoms with Crippen LogP contribution in [0.2, 0.25) is 0 Å². The molecule has 1 aromatic rings. The Balaban J connectivity index is 2.57. The van der Waals surface area contributed by atoms with E-state index in [1.54, 1.807) is 18.9 Å². The lowest BCUT2D eigenvalue weighted by atomic mass is 10.00. The number of ether oxygens (including phenoxy) is 1. The third-order valence-corrected chi connectivity index (χ3v) is 3.47. The normalized spacial score (nSPS) is 22.2. The first kappa shape index (κ1) is 13.1.